The summed E-state index contributed by atoms with van der Waals surface area (Å²) in [5, 5.41) is 8.09. The molecule has 0 radical (unpaired) electrons. The highest BCUT2D eigenvalue weighted by Gasteiger charge is 2.25. The third-order valence-electron chi connectivity index (χ3n) is 5.34. The number of amides is 1. The minimum atomic E-state index is -0.252. The van der Waals surface area contributed by atoms with Gasteiger partial charge in [-0.25, -0.2) is 0 Å². The van der Waals surface area contributed by atoms with Gasteiger partial charge in [0.15, 0.2) is 0 Å². The molecular weight excluding hydrogens is 368 g/mol. The van der Waals surface area contributed by atoms with Gasteiger partial charge in [0.1, 0.15) is 0 Å². The van der Waals surface area contributed by atoms with Crippen LogP contribution in [0.1, 0.15) is 40.6 Å². The molecule has 29 heavy (non-hydrogen) atoms. The summed E-state index contributed by atoms with van der Waals surface area (Å²) in [6, 6.07) is 12.3. The van der Waals surface area contributed by atoms with Crippen molar-refractivity contribution in [3.8, 4) is 0 Å². The number of aromatic nitrogens is 2. The molecule has 2 aromatic heterocycles. The lowest BCUT2D eigenvalue weighted by atomic mass is 9.94. The number of fused-ring (bicyclic) bond motifs is 1. The summed E-state index contributed by atoms with van der Waals surface area (Å²) >= 11 is 0. The van der Waals surface area contributed by atoms with Crippen LogP contribution in [-0.4, -0.2) is 54.3 Å². The molecule has 1 saturated heterocycles. The van der Waals surface area contributed by atoms with Crippen molar-refractivity contribution < 1.29 is 14.1 Å². The maximum Gasteiger partial charge on any atom is 0.289 e. The average molecular weight is 394 g/mol. The van der Waals surface area contributed by atoms with Gasteiger partial charge in [0, 0.05) is 50.3 Å². The van der Waals surface area contributed by atoms with Gasteiger partial charge in [-0.05, 0) is 43.1 Å². The summed E-state index contributed by atoms with van der Waals surface area (Å²) in [5.41, 5.74) is 3.16. The Kier molecular flexibility index (Phi) is 6.17. The molecule has 3 aromatic rings. The first-order valence-electron chi connectivity index (χ1n) is 10.0. The number of hydrogen-bond donors (Lipinski definition) is 1. The number of pyridine rings is 1. The van der Waals surface area contributed by atoms with E-state index in [4.69, 9.17) is 9.26 Å². The van der Waals surface area contributed by atoms with Crippen molar-refractivity contribution in [3.63, 3.8) is 0 Å². The van der Waals surface area contributed by atoms with Gasteiger partial charge in [-0.2, -0.15) is 0 Å². The monoisotopic (exact) mass is 394 g/mol. The maximum absolute atomic E-state index is 12.1. The molecule has 1 aliphatic rings. The highest BCUT2D eigenvalue weighted by atomic mass is 16.5. The molecule has 0 spiro atoms. The molecule has 1 aliphatic heterocycles. The molecule has 3 heterocycles. The quantitative estimate of drug-likeness (QED) is 0.621. The fourth-order valence-corrected chi connectivity index (χ4v) is 3.86. The Labute approximate surface area is 170 Å². The number of rotatable bonds is 7. The summed E-state index contributed by atoms with van der Waals surface area (Å²) in [6.45, 7) is 3.77. The van der Waals surface area contributed by atoms with Crippen molar-refractivity contribution in [1.29, 1.82) is 0 Å². The van der Waals surface area contributed by atoms with Crippen LogP contribution in [0, 0.1) is 0 Å². The van der Waals surface area contributed by atoms with E-state index < -0.39 is 0 Å². The largest absolute Gasteiger partial charge is 0.383 e. The Hall–Kier alpha value is -2.77. The zero-order chi connectivity index (χ0) is 20.1. The molecule has 1 fully saturated rings. The molecule has 1 atom stereocenters. The van der Waals surface area contributed by atoms with Gasteiger partial charge >= 0.3 is 0 Å². The number of likely N-dealkylation sites (tertiary alicyclic amines) is 1. The van der Waals surface area contributed by atoms with Gasteiger partial charge < -0.3 is 14.6 Å². The molecule has 1 aromatic carbocycles. The molecule has 0 aliphatic carbocycles. The maximum atomic E-state index is 12.1. The van der Waals surface area contributed by atoms with Gasteiger partial charge in [-0.1, -0.05) is 17.3 Å². The highest BCUT2D eigenvalue weighted by Crippen LogP contribution is 2.28. The van der Waals surface area contributed by atoms with E-state index >= 15 is 0 Å². The van der Waals surface area contributed by atoms with Crippen molar-refractivity contribution in [2.24, 2.45) is 0 Å². The average Bonchev–Trinajstić information content (AvgIpc) is 3.24. The molecule has 4 rings (SSSR count). The Balaban J connectivity index is 1.38. The van der Waals surface area contributed by atoms with Gasteiger partial charge in [0.2, 0.25) is 5.76 Å². The zero-order valence-corrected chi connectivity index (χ0v) is 16.6. The van der Waals surface area contributed by atoms with E-state index in [9.17, 15) is 4.79 Å². The van der Waals surface area contributed by atoms with E-state index in [-0.39, 0.29) is 17.6 Å². The van der Waals surface area contributed by atoms with E-state index in [0.717, 1.165) is 43.7 Å². The first-order chi connectivity index (χ1) is 14.2. The third kappa shape index (κ3) is 4.81. The smallest absolute Gasteiger partial charge is 0.289 e. The van der Waals surface area contributed by atoms with Crippen LogP contribution in [0.5, 0.6) is 0 Å². The van der Waals surface area contributed by atoms with Crippen molar-refractivity contribution >= 4 is 16.8 Å². The minimum absolute atomic E-state index is 0.252. The number of nitrogens with zero attached hydrogens (tertiary/aromatic N) is 3. The minimum Gasteiger partial charge on any atom is -0.383 e. The summed E-state index contributed by atoms with van der Waals surface area (Å²) in [6.07, 6.45) is 3.97. The van der Waals surface area contributed by atoms with E-state index in [1.54, 1.807) is 13.2 Å². The number of carbonyl (C=O) groups is 1. The van der Waals surface area contributed by atoms with Gasteiger partial charge in [0.05, 0.1) is 17.8 Å². The lowest BCUT2D eigenvalue weighted by Gasteiger charge is -2.31. The van der Waals surface area contributed by atoms with E-state index in [2.05, 4.69) is 44.6 Å². The van der Waals surface area contributed by atoms with Crippen molar-refractivity contribution in [3.05, 3.63) is 59.6 Å². The van der Waals surface area contributed by atoms with Crippen LogP contribution in [0.3, 0.4) is 0 Å². The normalized spacial score (nSPS) is 17.5. The Morgan fingerprint density at radius 3 is 3.17 bits per heavy atom. The predicted octanol–water partition coefficient (Wildman–Crippen LogP) is 2.98. The number of carbonyl (C=O) groups excluding carboxylic acids is 1. The van der Waals surface area contributed by atoms with E-state index in [1.165, 1.54) is 10.9 Å². The zero-order valence-electron chi connectivity index (χ0n) is 16.6. The number of ether oxygens (including phenoxy) is 1. The van der Waals surface area contributed by atoms with Crippen LogP contribution in [0.2, 0.25) is 0 Å². The first kappa shape index (κ1) is 19.5. The number of hydrogen-bond acceptors (Lipinski definition) is 6. The van der Waals surface area contributed by atoms with Crippen molar-refractivity contribution in [2.45, 2.75) is 25.3 Å². The molecule has 152 valence electrons. The highest BCUT2D eigenvalue weighted by molar-refractivity contribution is 5.91. The Morgan fingerprint density at radius 2 is 2.28 bits per heavy atom. The first-order valence-corrected chi connectivity index (χ1v) is 10.0. The van der Waals surface area contributed by atoms with E-state index in [0.29, 0.717) is 13.2 Å². The molecule has 7 nitrogen and oxygen atoms in total. The molecule has 0 unspecified atom stereocenters. The summed E-state index contributed by atoms with van der Waals surface area (Å²) in [5.74, 6) is 0.281. The van der Waals surface area contributed by atoms with Crippen LogP contribution >= 0.6 is 0 Å². The van der Waals surface area contributed by atoms with Crippen LogP contribution in [0.25, 0.3) is 10.9 Å². The Morgan fingerprint density at radius 1 is 1.34 bits per heavy atom. The second-order valence-electron chi connectivity index (χ2n) is 7.47. The third-order valence-corrected chi connectivity index (χ3v) is 5.34. The fraction of sp³-hybridized carbons (Fsp3) is 0.409. The second-order valence-corrected chi connectivity index (χ2v) is 7.47. The van der Waals surface area contributed by atoms with Gasteiger partial charge in [-0.3, -0.25) is 14.7 Å². The number of nitrogens with one attached hydrogen (secondary N) is 1. The topological polar surface area (TPSA) is 80.5 Å². The SMILES string of the molecule is COCCNC(=O)c1cc([C@H]2CCCN(Cc3ccc4ncccc4c3)C2)no1. The van der Waals surface area contributed by atoms with Crippen LogP contribution < -0.4 is 5.32 Å². The molecule has 0 bridgehead atoms. The van der Waals surface area contributed by atoms with Crippen LogP contribution in [0.4, 0.5) is 0 Å². The molecule has 1 amide bonds. The van der Waals surface area contributed by atoms with Gasteiger partial charge in [-0.15, -0.1) is 0 Å². The lowest BCUT2D eigenvalue weighted by molar-refractivity contribution is 0.0900. The lowest BCUT2D eigenvalue weighted by Crippen LogP contribution is -2.34. The number of piperidine rings is 1. The van der Waals surface area contributed by atoms with Crippen LogP contribution in [0.15, 0.2) is 47.1 Å². The molecule has 0 saturated carbocycles. The van der Waals surface area contributed by atoms with Crippen molar-refractivity contribution in [2.75, 3.05) is 33.4 Å². The predicted molar refractivity (Wildman–Crippen MR) is 110 cm³/mol. The summed E-state index contributed by atoms with van der Waals surface area (Å²) in [4.78, 5) is 18.9. The number of methoxy groups -OCH3 is 1. The standard InChI is InChI=1S/C22H26N4O3/c1-28-11-9-24-22(27)21-13-20(25-29-21)18-5-3-10-26(15-18)14-16-6-7-19-17(12-16)4-2-8-23-19/h2,4,6-8,12-13,18H,3,5,9-11,14-15H2,1H3,(H,24,27)/t18-/m0/s1. The summed E-state index contributed by atoms with van der Waals surface area (Å²) < 4.78 is 10.2. The molecule has 7 heteroatoms. The second kappa shape index (κ2) is 9.15. The molecule has 1 N–H and O–H groups in total. The van der Waals surface area contributed by atoms with E-state index in [1.807, 2.05) is 12.3 Å². The Bertz CT molecular complexity index is 971. The van der Waals surface area contributed by atoms with Crippen molar-refractivity contribution in [1.82, 2.24) is 20.4 Å². The summed E-state index contributed by atoms with van der Waals surface area (Å²) in [7, 11) is 1.60. The molecular formula is C22H26N4O3. The van der Waals surface area contributed by atoms with Crippen LogP contribution in [-0.2, 0) is 11.3 Å². The fourth-order valence-electron chi connectivity index (χ4n) is 3.86. The van der Waals surface area contributed by atoms with Gasteiger partial charge in [0.25, 0.3) is 5.91 Å². The number of benzene rings is 1.